The summed E-state index contributed by atoms with van der Waals surface area (Å²) in [4.78, 5) is 0. The minimum atomic E-state index is 0.365. The summed E-state index contributed by atoms with van der Waals surface area (Å²) in [5.41, 5.74) is 8.81. The summed E-state index contributed by atoms with van der Waals surface area (Å²) in [7, 11) is 0. The molecule has 0 heteroatoms. The largest absolute Gasteiger partial charge is 0.115 e. The average Bonchev–Trinajstić information content (AvgIpc) is 2.76. The van der Waals surface area contributed by atoms with Gasteiger partial charge in [-0.2, -0.15) is 0 Å². The average molecular weight is 459 g/mol. The number of hydrogen-bond donors (Lipinski definition) is 0. The fourth-order valence-corrected chi connectivity index (χ4v) is 5.83. The molecule has 2 rings (SSSR count). The van der Waals surface area contributed by atoms with Crippen molar-refractivity contribution in [2.24, 2.45) is 16.7 Å². The lowest BCUT2D eigenvalue weighted by atomic mass is 9.60. The van der Waals surface area contributed by atoms with Gasteiger partial charge in [-0.1, -0.05) is 108 Å². The number of allylic oxidation sites excluding steroid dienone is 13. The molecule has 0 aromatic heterocycles. The molecule has 1 fully saturated rings. The van der Waals surface area contributed by atoms with Gasteiger partial charge in [-0.25, -0.2) is 0 Å². The lowest BCUT2D eigenvalue weighted by molar-refractivity contribution is 0.0830. The van der Waals surface area contributed by atoms with E-state index in [-0.39, 0.29) is 0 Å². The molecule has 0 unspecified atom stereocenters. The molecule has 0 heterocycles. The van der Waals surface area contributed by atoms with Crippen LogP contribution in [0.3, 0.4) is 0 Å². The molecule has 0 atom stereocenters. The quantitative estimate of drug-likeness (QED) is 0.263. The van der Waals surface area contributed by atoms with Crippen LogP contribution in [-0.4, -0.2) is 0 Å². The van der Waals surface area contributed by atoms with Gasteiger partial charge in [0.1, 0.15) is 0 Å². The normalized spacial score (nSPS) is 20.5. The highest BCUT2D eigenvalue weighted by molar-refractivity contribution is 5.46. The molecule has 0 aliphatic heterocycles. The first-order valence-electron chi connectivity index (χ1n) is 13.2. The van der Waals surface area contributed by atoms with Crippen LogP contribution in [0.25, 0.3) is 0 Å². The van der Waals surface area contributed by atoms with Gasteiger partial charge in [0.25, 0.3) is 0 Å². The minimum Gasteiger partial charge on any atom is -0.115 e. The second-order valence-electron chi connectivity index (χ2n) is 11.5. The maximum atomic E-state index is 5.58. The summed E-state index contributed by atoms with van der Waals surface area (Å²) >= 11 is 0. The van der Waals surface area contributed by atoms with Crippen LogP contribution in [0, 0.1) is 29.1 Å². The van der Waals surface area contributed by atoms with E-state index in [1.165, 1.54) is 47.1 Å². The van der Waals surface area contributed by atoms with Crippen LogP contribution in [-0.2, 0) is 0 Å². The Morgan fingerprint density at radius 2 is 1.68 bits per heavy atom. The van der Waals surface area contributed by atoms with Crippen LogP contribution in [0.15, 0.2) is 82.5 Å². The van der Waals surface area contributed by atoms with E-state index in [2.05, 4.69) is 91.3 Å². The fourth-order valence-electron chi connectivity index (χ4n) is 5.83. The molecule has 0 bridgehead atoms. The summed E-state index contributed by atoms with van der Waals surface area (Å²) in [5, 5.41) is 0. The van der Waals surface area contributed by atoms with Gasteiger partial charge in [0.15, 0.2) is 0 Å². The molecule has 0 spiro atoms. The molecule has 2 aliphatic rings. The predicted molar refractivity (Wildman–Crippen MR) is 155 cm³/mol. The highest BCUT2D eigenvalue weighted by Crippen LogP contribution is 2.50. The Hall–Kier alpha value is -2.26. The molecule has 0 saturated heterocycles. The van der Waals surface area contributed by atoms with Crippen LogP contribution >= 0.6 is 0 Å². The highest BCUT2D eigenvalue weighted by atomic mass is 14.4. The van der Waals surface area contributed by atoms with Crippen molar-refractivity contribution < 1.29 is 0 Å². The zero-order chi connectivity index (χ0) is 25.9. The zero-order valence-electron chi connectivity index (χ0n) is 23.6. The first-order chi connectivity index (χ1) is 16.0. The first kappa shape index (κ1) is 29.8. The van der Waals surface area contributed by atoms with Crippen molar-refractivity contribution in [1.29, 1.82) is 0 Å². The van der Waals surface area contributed by atoms with E-state index in [1.807, 2.05) is 26.0 Å². The smallest absolute Gasteiger partial charge is 0.00207 e. The Morgan fingerprint density at radius 3 is 2.15 bits per heavy atom. The molecule has 0 aromatic rings. The highest BCUT2D eigenvalue weighted by Gasteiger charge is 2.39. The number of hydrogen-bond acceptors (Lipinski definition) is 0. The molecule has 0 amide bonds. The van der Waals surface area contributed by atoms with Crippen molar-refractivity contribution in [2.75, 3.05) is 0 Å². The third kappa shape index (κ3) is 9.54. The van der Waals surface area contributed by atoms with Crippen LogP contribution in [0.2, 0.25) is 0 Å². The van der Waals surface area contributed by atoms with Gasteiger partial charge in [-0.15, -0.1) is 6.42 Å². The van der Waals surface area contributed by atoms with Gasteiger partial charge in [-0.3, -0.25) is 0 Å². The summed E-state index contributed by atoms with van der Waals surface area (Å²) in [6.07, 6.45) is 27.9. The van der Waals surface area contributed by atoms with Crippen molar-refractivity contribution in [1.82, 2.24) is 0 Å². The Kier molecular flexibility index (Phi) is 11.9. The summed E-state index contributed by atoms with van der Waals surface area (Å²) in [6.45, 7) is 24.3. The van der Waals surface area contributed by atoms with Crippen LogP contribution in [0.1, 0.15) is 101 Å². The first-order valence-corrected chi connectivity index (χ1v) is 13.2. The second kappa shape index (κ2) is 13.6. The molecular formula is C34H50. The molecule has 2 aliphatic carbocycles. The fraction of sp³-hybridized carbons (Fsp3) is 0.529. The third-order valence-electron chi connectivity index (χ3n) is 6.79. The van der Waals surface area contributed by atoms with Gasteiger partial charge >= 0.3 is 0 Å². The third-order valence-corrected chi connectivity index (χ3v) is 6.79. The molecule has 0 aromatic carbocycles. The molecule has 186 valence electrons. The maximum Gasteiger partial charge on any atom is 0.00207 e. The van der Waals surface area contributed by atoms with Crippen LogP contribution in [0.4, 0.5) is 0 Å². The summed E-state index contributed by atoms with van der Waals surface area (Å²) in [5.74, 6) is 3.39. The van der Waals surface area contributed by atoms with Crippen LogP contribution < -0.4 is 0 Å². The molecule has 1 saturated carbocycles. The molecule has 0 radical (unpaired) electrons. The molecular weight excluding hydrogens is 408 g/mol. The Morgan fingerprint density at radius 1 is 1.06 bits per heavy atom. The van der Waals surface area contributed by atoms with E-state index in [9.17, 15) is 0 Å². The van der Waals surface area contributed by atoms with E-state index in [0.29, 0.717) is 16.7 Å². The van der Waals surface area contributed by atoms with Crippen molar-refractivity contribution in [3.8, 4) is 12.3 Å². The lowest BCUT2D eigenvalue weighted by Gasteiger charge is -2.45. The summed E-state index contributed by atoms with van der Waals surface area (Å²) < 4.78 is 0. The van der Waals surface area contributed by atoms with E-state index >= 15 is 0 Å². The summed E-state index contributed by atoms with van der Waals surface area (Å²) in [6, 6.07) is 0. The monoisotopic (exact) mass is 458 g/mol. The number of rotatable bonds is 7. The van der Waals surface area contributed by atoms with Crippen molar-refractivity contribution in [3.63, 3.8) is 0 Å². The van der Waals surface area contributed by atoms with Gasteiger partial charge in [0.05, 0.1) is 0 Å². The van der Waals surface area contributed by atoms with Gasteiger partial charge in [-0.05, 0) is 92.8 Å². The van der Waals surface area contributed by atoms with Gasteiger partial charge in [0.2, 0.25) is 0 Å². The van der Waals surface area contributed by atoms with E-state index in [4.69, 9.17) is 6.42 Å². The Labute approximate surface area is 212 Å². The maximum absolute atomic E-state index is 5.58. The number of terminal acetylenes is 1. The lowest BCUT2D eigenvalue weighted by Crippen LogP contribution is -2.34. The van der Waals surface area contributed by atoms with Crippen molar-refractivity contribution in [2.45, 2.75) is 101 Å². The predicted octanol–water partition coefficient (Wildman–Crippen LogP) is 10.5. The standard InChI is InChI=1S/C32H44.C2H6/c1-10-12-13-30(24(3)4)25(5)20-28(19-18-27-16-14-26(11-2)15-17-27)29-21-31(6,7)23-32(8,9)22-29;1-2/h2,10,12-14,16,19-20,29H,1,15,17-18,21-23H2,3-9H3;1-2H3/b13-12-,25-20+,28-19+;. The van der Waals surface area contributed by atoms with E-state index in [1.54, 1.807) is 0 Å². The van der Waals surface area contributed by atoms with Gasteiger partial charge in [0, 0.05) is 5.57 Å². The molecule has 34 heavy (non-hydrogen) atoms. The van der Waals surface area contributed by atoms with Crippen LogP contribution in [0.5, 0.6) is 0 Å². The Balaban J connectivity index is 0.00000281. The zero-order valence-corrected chi connectivity index (χ0v) is 23.6. The molecule has 0 N–H and O–H groups in total. The minimum absolute atomic E-state index is 0.365. The SMILES string of the molecule is C#CC1=CC=C(C/C=C(\C=C(/C)C(/C=C\C=C)=C(C)C)C2CC(C)(C)CC(C)(C)C2)CC1.CC. The second-order valence-corrected chi connectivity index (χ2v) is 11.5. The van der Waals surface area contributed by atoms with E-state index in [0.717, 1.165) is 24.8 Å². The van der Waals surface area contributed by atoms with Crippen molar-refractivity contribution >= 4 is 0 Å². The molecule has 0 nitrogen and oxygen atoms in total. The van der Waals surface area contributed by atoms with Crippen molar-refractivity contribution in [3.05, 3.63) is 82.5 Å². The van der Waals surface area contributed by atoms with E-state index < -0.39 is 0 Å². The topological polar surface area (TPSA) is 0 Å². The van der Waals surface area contributed by atoms with Gasteiger partial charge < -0.3 is 0 Å². The Bertz CT molecular complexity index is 905.